The third-order valence-corrected chi connectivity index (χ3v) is 4.93. The van der Waals surface area contributed by atoms with Gasteiger partial charge < -0.3 is 10.5 Å². The van der Waals surface area contributed by atoms with Crippen molar-refractivity contribution < 1.29 is 4.74 Å². The van der Waals surface area contributed by atoms with Crippen LogP contribution in [0.4, 0.5) is 0 Å². The van der Waals surface area contributed by atoms with Crippen LogP contribution in [0.5, 0.6) is 11.6 Å². The Hall–Kier alpha value is -2.13. The number of benzene rings is 1. The predicted molar refractivity (Wildman–Crippen MR) is 97.1 cm³/mol. The van der Waals surface area contributed by atoms with Crippen LogP contribution in [-0.4, -0.2) is 11.0 Å². The lowest BCUT2D eigenvalue weighted by Gasteiger charge is -2.20. The molecule has 2 aliphatic rings. The van der Waals surface area contributed by atoms with Crippen LogP contribution in [0, 0.1) is 0 Å². The van der Waals surface area contributed by atoms with Gasteiger partial charge in [0.15, 0.2) is 0 Å². The molecule has 3 nitrogen and oxygen atoms in total. The van der Waals surface area contributed by atoms with Crippen LogP contribution in [0.2, 0.25) is 0 Å². The van der Waals surface area contributed by atoms with E-state index >= 15 is 0 Å². The Balaban J connectivity index is 1.45. The molecule has 1 aromatic heterocycles. The van der Waals surface area contributed by atoms with Gasteiger partial charge in [0.25, 0.3) is 0 Å². The van der Waals surface area contributed by atoms with Crippen LogP contribution in [0.3, 0.4) is 0 Å². The molecule has 0 atom stereocenters. The Morgan fingerprint density at radius 3 is 2.58 bits per heavy atom. The summed E-state index contributed by atoms with van der Waals surface area (Å²) in [7, 11) is 0. The quantitative estimate of drug-likeness (QED) is 0.859. The maximum atomic E-state index is 5.98. The zero-order valence-corrected chi connectivity index (χ0v) is 13.9. The van der Waals surface area contributed by atoms with Crippen molar-refractivity contribution in [1.82, 2.24) is 4.98 Å². The third kappa shape index (κ3) is 3.85. The van der Waals surface area contributed by atoms with E-state index in [0.29, 0.717) is 11.9 Å². The molecule has 2 aliphatic carbocycles. The molecule has 1 aromatic carbocycles. The summed E-state index contributed by atoms with van der Waals surface area (Å²) in [6.07, 6.45) is 11.2. The van der Waals surface area contributed by atoms with Gasteiger partial charge in [-0.2, -0.15) is 0 Å². The van der Waals surface area contributed by atoms with E-state index in [-0.39, 0.29) is 0 Å². The van der Waals surface area contributed by atoms with E-state index in [1.165, 1.54) is 29.5 Å². The summed E-state index contributed by atoms with van der Waals surface area (Å²) in [5.74, 6) is 2.22. The first-order valence-electron chi connectivity index (χ1n) is 8.95. The first kappa shape index (κ1) is 15.4. The number of hydrogen-bond donors (Lipinski definition) is 1. The average molecular weight is 320 g/mol. The van der Waals surface area contributed by atoms with E-state index in [9.17, 15) is 0 Å². The zero-order valence-electron chi connectivity index (χ0n) is 13.9. The molecule has 0 radical (unpaired) electrons. The zero-order chi connectivity index (χ0) is 16.4. The van der Waals surface area contributed by atoms with Crippen molar-refractivity contribution in [1.29, 1.82) is 0 Å². The summed E-state index contributed by atoms with van der Waals surface area (Å²) in [5, 5.41) is 0. The smallest absolute Gasteiger partial charge is 0.219 e. The minimum Gasteiger partial charge on any atom is -0.439 e. The van der Waals surface area contributed by atoms with Gasteiger partial charge in [0, 0.05) is 18.3 Å². The highest BCUT2D eigenvalue weighted by atomic mass is 16.5. The van der Waals surface area contributed by atoms with Crippen LogP contribution in [0.25, 0.3) is 6.08 Å². The van der Waals surface area contributed by atoms with Gasteiger partial charge in [-0.05, 0) is 67.7 Å². The number of ether oxygens (including phenoxy) is 1. The van der Waals surface area contributed by atoms with E-state index < -0.39 is 0 Å². The highest BCUT2D eigenvalue weighted by Gasteiger charge is 2.23. The van der Waals surface area contributed by atoms with Crippen LogP contribution in [-0.2, 0) is 0 Å². The van der Waals surface area contributed by atoms with Gasteiger partial charge in [0.2, 0.25) is 5.88 Å². The van der Waals surface area contributed by atoms with Gasteiger partial charge in [-0.15, -0.1) is 0 Å². The summed E-state index contributed by atoms with van der Waals surface area (Å²) >= 11 is 0. The molecule has 0 aliphatic heterocycles. The molecule has 2 N–H and O–H groups in total. The number of rotatable bonds is 4. The number of pyridine rings is 1. The van der Waals surface area contributed by atoms with Crippen LogP contribution < -0.4 is 10.5 Å². The molecule has 0 bridgehead atoms. The van der Waals surface area contributed by atoms with Crippen molar-refractivity contribution in [3.05, 3.63) is 59.3 Å². The molecule has 124 valence electrons. The Bertz CT molecular complexity index is 722. The number of allylic oxidation sites excluding steroid dienone is 1. The maximum Gasteiger partial charge on any atom is 0.219 e. The fraction of sp³-hybridized carbons (Fsp3) is 0.381. The monoisotopic (exact) mass is 320 g/mol. The Kier molecular flexibility index (Phi) is 4.35. The molecule has 4 rings (SSSR count). The van der Waals surface area contributed by atoms with Gasteiger partial charge in [-0.3, -0.25) is 0 Å². The van der Waals surface area contributed by atoms with E-state index in [4.69, 9.17) is 10.5 Å². The second-order valence-electron chi connectivity index (χ2n) is 7.02. The van der Waals surface area contributed by atoms with Gasteiger partial charge in [0.1, 0.15) is 5.75 Å². The molecule has 0 amide bonds. The van der Waals surface area contributed by atoms with Gasteiger partial charge in [-0.25, -0.2) is 4.98 Å². The molecule has 1 heterocycles. The van der Waals surface area contributed by atoms with Crippen LogP contribution in [0.15, 0.2) is 48.2 Å². The molecule has 0 unspecified atom stereocenters. The third-order valence-electron chi connectivity index (χ3n) is 4.93. The molecular formula is C21H24N2O. The number of nitrogens with zero attached hydrogens (tertiary/aromatic N) is 1. The lowest BCUT2D eigenvalue weighted by Crippen LogP contribution is -2.23. The number of nitrogens with two attached hydrogens (primary N) is 1. The van der Waals surface area contributed by atoms with Gasteiger partial charge >= 0.3 is 0 Å². The lowest BCUT2D eigenvalue weighted by atomic mass is 9.90. The SMILES string of the molecule is NC1CCC(=Cc2cccc(Oc3ccc(C4CC4)cn3)c2)CC1. The second kappa shape index (κ2) is 6.78. The molecule has 2 saturated carbocycles. The summed E-state index contributed by atoms with van der Waals surface area (Å²) in [6.45, 7) is 0. The number of aromatic nitrogens is 1. The van der Waals surface area contributed by atoms with E-state index in [1.807, 2.05) is 24.4 Å². The standard InChI is InChI=1S/C21H24N2O/c22-19-9-4-15(5-10-19)12-16-2-1-3-20(13-16)24-21-11-8-18(14-23-21)17-6-7-17/h1-3,8,11-14,17,19H,4-7,9-10,22H2. The van der Waals surface area contributed by atoms with E-state index in [2.05, 4.69) is 29.3 Å². The molecular weight excluding hydrogens is 296 g/mol. The summed E-state index contributed by atoms with van der Waals surface area (Å²) < 4.78 is 5.92. The average Bonchev–Trinajstić information content (AvgIpc) is 3.43. The first-order valence-corrected chi connectivity index (χ1v) is 8.95. The summed E-state index contributed by atoms with van der Waals surface area (Å²) in [4.78, 5) is 4.44. The second-order valence-corrected chi connectivity index (χ2v) is 7.02. The molecule has 0 spiro atoms. The van der Waals surface area contributed by atoms with Crippen molar-refractivity contribution in [2.24, 2.45) is 5.73 Å². The summed E-state index contributed by atoms with van der Waals surface area (Å²) in [6, 6.07) is 12.7. The van der Waals surface area contributed by atoms with Crippen molar-refractivity contribution in [3.8, 4) is 11.6 Å². The van der Waals surface area contributed by atoms with Crippen molar-refractivity contribution in [2.45, 2.75) is 50.5 Å². The fourth-order valence-electron chi connectivity index (χ4n) is 3.29. The summed E-state index contributed by atoms with van der Waals surface area (Å²) in [5.41, 5.74) is 9.98. The maximum absolute atomic E-state index is 5.98. The van der Waals surface area contributed by atoms with Gasteiger partial charge in [-0.1, -0.05) is 29.8 Å². The van der Waals surface area contributed by atoms with E-state index in [1.54, 1.807) is 0 Å². The molecule has 2 aromatic rings. The first-order chi connectivity index (χ1) is 11.8. The van der Waals surface area contributed by atoms with Crippen LogP contribution >= 0.6 is 0 Å². The topological polar surface area (TPSA) is 48.1 Å². The Morgan fingerprint density at radius 2 is 1.88 bits per heavy atom. The minimum atomic E-state index is 0.376. The van der Waals surface area contributed by atoms with E-state index in [0.717, 1.165) is 37.4 Å². The predicted octanol–water partition coefficient (Wildman–Crippen LogP) is 5.04. The largest absolute Gasteiger partial charge is 0.439 e. The normalized spacial score (nSPS) is 20.7. The van der Waals surface area contributed by atoms with Crippen molar-refractivity contribution >= 4 is 6.08 Å². The minimum absolute atomic E-state index is 0.376. The van der Waals surface area contributed by atoms with Crippen LogP contribution in [0.1, 0.15) is 55.6 Å². The lowest BCUT2D eigenvalue weighted by molar-refractivity contribution is 0.462. The molecule has 3 heteroatoms. The Labute approximate surface area is 143 Å². The fourth-order valence-corrected chi connectivity index (χ4v) is 3.29. The van der Waals surface area contributed by atoms with Crippen molar-refractivity contribution in [3.63, 3.8) is 0 Å². The Morgan fingerprint density at radius 1 is 1.04 bits per heavy atom. The van der Waals surface area contributed by atoms with Crippen molar-refractivity contribution in [2.75, 3.05) is 0 Å². The molecule has 24 heavy (non-hydrogen) atoms. The molecule has 2 fully saturated rings. The number of hydrogen-bond acceptors (Lipinski definition) is 3. The highest BCUT2D eigenvalue weighted by molar-refractivity contribution is 5.55. The molecule has 0 saturated heterocycles. The van der Waals surface area contributed by atoms with Gasteiger partial charge in [0.05, 0.1) is 0 Å². The highest BCUT2D eigenvalue weighted by Crippen LogP contribution is 2.40.